The number of nitrogens with zero attached hydrogens (tertiary/aromatic N) is 2. The van der Waals surface area contributed by atoms with E-state index in [-0.39, 0.29) is 16.2 Å². The van der Waals surface area contributed by atoms with Gasteiger partial charge in [-0.15, -0.1) is 0 Å². The summed E-state index contributed by atoms with van der Waals surface area (Å²) in [6.45, 7) is 9.68. The summed E-state index contributed by atoms with van der Waals surface area (Å²) >= 11 is 15.4. The van der Waals surface area contributed by atoms with Crippen LogP contribution in [0.15, 0.2) is 46.4 Å². The smallest absolute Gasteiger partial charge is 0.270 e. The molecule has 1 atom stereocenters. The van der Waals surface area contributed by atoms with E-state index in [0.29, 0.717) is 22.2 Å². The topological polar surface area (TPSA) is 52.7 Å². The average Bonchev–Trinajstić information content (AvgIpc) is 2.71. The van der Waals surface area contributed by atoms with Crippen molar-refractivity contribution in [3.63, 3.8) is 0 Å². The van der Waals surface area contributed by atoms with Crippen molar-refractivity contribution in [2.45, 2.75) is 45.6 Å². The number of anilines is 2. The predicted octanol–water partition coefficient (Wildman–Crippen LogP) is 6.05. The summed E-state index contributed by atoms with van der Waals surface area (Å²) in [4.78, 5) is 29.8. The first-order valence-electron chi connectivity index (χ1n) is 10.8. The molecule has 1 unspecified atom stereocenters. The van der Waals surface area contributed by atoms with Crippen LogP contribution in [0.2, 0.25) is 5.02 Å². The normalized spacial score (nSPS) is 21.3. The summed E-state index contributed by atoms with van der Waals surface area (Å²) in [5.41, 5.74) is 3.47. The van der Waals surface area contributed by atoms with Gasteiger partial charge in [-0.3, -0.25) is 19.8 Å². The number of halogens is 2. The standard InChI is InChI=1S/C25H25BrClN3O2S/c1-5-29-21-12-20(27)15(9-18(21)14(2)13-25(29,3)4)10-19-22(31)28-24(33)30(23(19)32)17-8-6-7-16(26)11-17/h6-12,14H,5,13H2,1-4H3,(H,28,31,33)/b19-10-. The van der Waals surface area contributed by atoms with Gasteiger partial charge < -0.3 is 4.90 Å². The van der Waals surface area contributed by atoms with Gasteiger partial charge in [-0.1, -0.05) is 40.5 Å². The fourth-order valence-corrected chi connectivity index (χ4v) is 5.77. The number of benzene rings is 2. The van der Waals surface area contributed by atoms with E-state index in [4.69, 9.17) is 23.8 Å². The number of amides is 2. The molecule has 1 fully saturated rings. The van der Waals surface area contributed by atoms with E-state index in [2.05, 4.69) is 53.8 Å². The lowest BCUT2D eigenvalue weighted by molar-refractivity contribution is -0.122. The molecule has 2 amide bonds. The van der Waals surface area contributed by atoms with Crippen molar-refractivity contribution in [2.75, 3.05) is 16.3 Å². The van der Waals surface area contributed by atoms with E-state index in [9.17, 15) is 9.59 Å². The molecular weight excluding hydrogens is 522 g/mol. The Morgan fingerprint density at radius 2 is 2.00 bits per heavy atom. The highest BCUT2D eigenvalue weighted by atomic mass is 79.9. The second kappa shape index (κ2) is 8.85. The van der Waals surface area contributed by atoms with Gasteiger partial charge in [0.15, 0.2) is 5.11 Å². The third-order valence-electron chi connectivity index (χ3n) is 6.29. The van der Waals surface area contributed by atoms with Gasteiger partial charge in [0.1, 0.15) is 5.57 Å². The van der Waals surface area contributed by atoms with Crippen molar-refractivity contribution in [2.24, 2.45) is 0 Å². The molecule has 0 aliphatic carbocycles. The van der Waals surface area contributed by atoms with E-state index in [0.717, 1.165) is 28.7 Å². The number of nitrogens with one attached hydrogen (secondary N) is 1. The second-order valence-corrected chi connectivity index (χ2v) is 10.7. The molecule has 2 aromatic carbocycles. The van der Waals surface area contributed by atoms with Crippen LogP contribution in [-0.2, 0) is 9.59 Å². The number of hydrogen-bond acceptors (Lipinski definition) is 4. The number of thiocarbonyl (C=S) groups is 1. The van der Waals surface area contributed by atoms with Crippen LogP contribution in [0.5, 0.6) is 0 Å². The number of rotatable bonds is 3. The molecule has 4 rings (SSSR count). The highest BCUT2D eigenvalue weighted by Gasteiger charge is 2.37. The van der Waals surface area contributed by atoms with E-state index < -0.39 is 11.8 Å². The molecule has 0 radical (unpaired) electrons. The lowest BCUT2D eigenvalue weighted by Gasteiger charge is -2.47. The number of carbonyl (C=O) groups is 2. The van der Waals surface area contributed by atoms with E-state index in [1.807, 2.05) is 18.2 Å². The average molecular weight is 547 g/mol. The molecule has 2 aliphatic heterocycles. The zero-order valence-electron chi connectivity index (χ0n) is 18.9. The van der Waals surface area contributed by atoms with Gasteiger partial charge in [-0.2, -0.15) is 0 Å². The van der Waals surface area contributed by atoms with Crippen molar-refractivity contribution in [1.82, 2.24) is 5.32 Å². The van der Waals surface area contributed by atoms with Gasteiger partial charge in [-0.05, 0) is 92.9 Å². The highest BCUT2D eigenvalue weighted by molar-refractivity contribution is 9.10. The lowest BCUT2D eigenvalue weighted by atomic mass is 9.79. The van der Waals surface area contributed by atoms with Crippen LogP contribution in [0.3, 0.4) is 0 Å². The Bertz CT molecular complexity index is 1210. The van der Waals surface area contributed by atoms with Crippen molar-refractivity contribution >= 4 is 74.1 Å². The quantitative estimate of drug-likeness (QED) is 0.289. The van der Waals surface area contributed by atoms with E-state index in [1.54, 1.807) is 24.3 Å². The summed E-state index contributed by atoms with van der Waals surface area (Å²) < 4.78 is 0.799. The SMILES string of the molecule is CCN1c2cc(Cl)c(/C=C3/C(=O)NC(=S)N(c4cccc(Br)c4)C3=O)cc2C(C)CC1(C)C. The third kappa shape index (κ3) is 4.34. The fourth-order valence-electron chi connectivity index (χ4n) is 4.89. The van der Waals surface area contributed by atoms with Crippen LogP contribution < -0.4 is 15.1 Å². The van der Waals surface area contributed by atoms with E-state index in [1.165, 1.54) is 4.90 Å². The van der Waals surface area contributed by atoms with Crippen LogP contribution in [0.4, 0.5) is 11.4 Å². The van der Waals surface area contributed by atoms with Crippen LogP contribution in [0, 0.1) is 0 Å². The van der Waals surface area contributed by atoms with Crippen molar-refractivity contribution in [3.05, 3.63) is 62.6 Å². The largest absolute Gasteiger partial charge is 0.366 e. The maximum absolute atomic E-state index is 13.4. The van der Waals surface area contributed by atoms with Gasteiger partial charge in [0, 0.05) is 27.3 Å². The molecule has 0 saturated carbocycles. The molecule has 0 spiro atoms. The molecule has 0 bridgehead atoms. The number of carbonyl (C=O) groups excluding carboxylic acids is 2. The molecular formula is C25H25BrClN3O2S. The maximum atomic E-state index is 13.4. The Balaban J connectivity index is 1.78. The second-order valence-electron chi connectivity index (χ2n) is 9.03. The minimum Gasteiger partial charge on any atom is -0.366 e. The first kappa shape index (κ1) is 23.9. The molecule has 2 aromatic rings. The highest BCUT2D eigenvalue weighted by Crippen LogP contribution is 2.45. The Morgan fingerprint density at radius 1 is 1.27 bits per heavy atom. The summed E-state index contributed by atoms with van der Waals surface area (Å²) in [6, 6.07) is 11.1. The number of hydrogen-bond donors (Lipinski definition) is 1. The summed E-state index contributed by atoms with van der Waals surface area (Å²) in [7, 11) is 0. The molecule has 2 heterocycles. The molecule has 2 aliphatic rings. The fraction of sp³-hybridized carbons (Fsp3) is 0.320. The molecule has 1 N–H and O–H groups in total. The van der Waals surface area contributed by atoms with Crippen molar-refractivity contribution < 1.29 is 9.59 Å². The van der Waals surface area contributed by atoms with Gasteiger partial charge in [0.25, 0.3) is 11.8 Å². The van der Waals surface area contributed by atoms with Crippen LogP contribution in [0.1, 0.15) is 51.2 Å². The lowest BCUT2D eigenvalue weighted by Crippen LogP contribution is -2.54. The predicted molar refractivity (Wildman–Crippen MR) is 142 cm³/mol. The summed E-state index contributed by atoms with van der Waals surface area (Å²) in [6.07, 6.45) is 2.56. The Kier molecular flexibility index (Phi) is 6.42. The van der Waals surface area contributed by atoms with Gasteiger partial charge in [0.05, 0.1) is 5.69 Å². The van der Waals surface area contributed by atoms with Gasteiger partial charge in [0.2, 0.25) is 0 Å². The van der Waals surface area contributed by atoms with Crippen molar-refractivity contribution in [1.29, 1.82) is 0 Å². The monoisotopic (exact) mass is 545 g/mol. The molecule has 1 saturated heterocycles. The molecule has 8 heteroatoms. The number of fused-ring (bicyclic) bond motifs is 1. The zero-order chi connectivity index (χ0) is 24.1. The molecule has 172 valence electrons. The van der Waals surface area contributed by atoms with E-state index >= 15 is 0 Å². The molecule has 0 aromatic heterocycles. The van der Waals surface area contributed by atoms with Crippen LogP contribution in [0.25, 0.3) is 6.08 Å². The summed E-state index contributed by atoms with van der Waals surface area (Å²) in [5, 5.41) is 3.17. The van der Waals surface area contributed by atoms with Gasteiger partial charge in [-0.25, -0.2) is 0 Å². The summed E-state index contributed by atoms with van der Waals surface area (Å²) in [5.74, 6) is -0.705. The Labute approximate surface area is 212 Å². The molecule has 5 nitrogen and oxygen atoms in total. The van der Waals surface area contributed by atoms with Crippen LogP contribution >= 0.6 is 39.7 Å². The minimum atomic E-state index is -0.533. The maximum Gasteiger partial charge on any atom is 0.270 e. The third-order valence-corrected chi connectivity index (χ3v) is 7.39. The minimum absolute atomic E-state index is 0.0124. The van der Waals surface area contributed by atoms with Crippen molar-refractivity contribution in [3.8, 4) is 0 Å². The first-order valence-corrected chi connectivity index (χ1v) is 12.4. The molecule has 33 heavy (non-hydrogen) atoms. The zero-order valence-corrected chi connectivity index (χ0v) is 22.1. The van der Waals surface area contributed by atoms with Crippen LogP contribution in [-0.4, -0.2) is 29.0 Å². The van der Waals surface area contributed by atoms with Gasteiger partial charge >= 0.3 is 0 Å². The Morgan fingerprint density at radius 3 is 2.67 bits per heavy atom. The Hall–Kier alpha value is -2.22. The first-order chi connectivity index (χ1) is 15.5.